The average Bonchev–Trinajstić information content (AvgIpc) is 2.72. The fourth-order valence-electron chi connectivity index (χ4n) is 4.04. The SMILES string of the molecule is C[C@H](O)C#Cc1ccc2c(c1)O[C@@H](CN(C)C(=O)C1CCC1)[C@H](C)CN([C@@H](C)CO)S2(=O)=O. The summed E-state index contributed by atoms with van der Waals surface area (Å²) in [6.07, 6.45) is 1.59. The van der Waals surface area contributed by atoms with Crippen LogP contribution in [0, 0.1) is 23.7 Å². The first-order chi connectivity index (χ1) is 15.5. The van der Waals surface area contributed by atoms with Crippen molar-refractivity contribution in [2.45, 2.75) is 63.2 Å². The summed E-state index contributed by atoms with van der Waals surface area (Å²) < 4.78 is 34.5. The molecule has 0 saturated heterocycles. The Hall–Kier alpha value is -2.12. The predicted octanol–water partition coefficient (Wildman–Crippen LogP) is 1.45. The van der Waals surface area contributed by atoms with Gasteiger partial charge < -0.3 is 19.8 Å². The summed E-state index contributed by atoms with van der Waals surface area (Å²) in [6.45, 7) is 5.26. The van der Waals surface area contributed by atoms with Crippen molar-refractivity contribution in [1.29, 1.82) is 0 Å². The van der Waals surface area contributed by atoms with E-state index < -0.39 is 28.3 Å². The highest BCUT2D eigenvalue weighted by Gasteiger charge is 2.39. The smallest absolute Gasteiger partial charge is 0.247 e. The third kappa shape index (κ3) is 5.69. The van der Waals surface area contributed by atoms with E-state index in [0.29, 0.717) is 12.1 Å². The minimum Gasteiger partial charge on any atom is -0.487 e. The van der Waals surface area contributed by atoms with Gasteiger partial charge in [-0.25, -0.2) is 8.42 Å². The minimum absolute atomic E-state index is 0.00438. The van der Waals surface area contributed by atoms with Crippen LogP contribution in [0.3, 0.4) is 0 Å². The number of carbonyl (C=O) groups is 1. The van der Waals surface area contributed by atoms with Gasteiger partial charge in [0.15, 0.2) is 0 Å². The lowest BCUT2D eigenvalue weighted by Gasteiger charge is -2.38. The van der Waals surface area contributed by atoms with E-state index in [0.717, 1.165) is 19.3 Å². The lowest BCUT2D eigenvalue weighted by molar-refractivity contribution is -0.138. The highest BCUT2D eigenvalue weighted by molar-refractivity contribution is 7.89. The van der Waals surface area contributed by atoms with Crippen molar-refractivity contribution in [2.24, 2.45) is 11.8 Å². The molecule has 8 nitrogen and oxygen atoms in total. The summed E-state index contributed by atoms with van der Waals surface area (Å²) in [4.78, 5) is 14.4. The number of fused-ring (bicyclic) bond motifs is 1. The second-order valence-corrected chi connectivity index (χ2v) is 11.1. The number of amides is 1. The molecule has 1 amide bonds. The summed E-state index contributed by atoms with van der Waals surface area (Å²) in [7, 11) is -2.19. The van der Waals surface area contributed by atoms with E-state index in [1.807, 2.05) is 6.92 Å². The van der Waals surface area contributed by atoms with E-state index in [4.69, 9.17) is 4.74 Å². The first-order valence-electron chi connectivity index (χ1n) is 11.4. The van der Waals surface area contributed by atoms with Crippen LogP contribution in [0.1, 0.15) is 45.6 Å². The maximum Gasteiger partial charge on any atom is 0.247 e. The maximum absolute atomic E-state index is 13.5. The number of hydrogen-bond donors (Lipinski definition) is 2. The molecule has 1 aromatic carbocycles. The van der Waals surface area contributed by atoms with E-state index >= 15 is 0 Å². The van der Waals surface area contributed by atoms with Gasteiger partial charge in [0.1, 0.15) is 22.9 Å². The highest BCUT2D eigenvalue weighted by atomic mass is 32.2. The first-order valence-corrected chi connectivity index (χ1v) is 12.9. The van der Waals surface area contributed by atoms with Crippen molar-refractivity contribution < 1.29 is 28.2 Å². The summed E-state index contributed by atoms with van der Waals surface area (Å²) in [5, 5.41) is 19.2. The second kappa shape index (κ2) is 10.4. The normalized spacial score (nSPS) is 24.5. The van der Waals surface area contributed by atoms with Crippen LogP contribution in [-0.4, -0.2) is 78.7 Å². The lowest BCUT2D eigenvalue weighted by atomic mass is 9.84. The molecule has 1 aliphatic heterocycles. The van der Waals surface area contributed by atoms with Crippen molar-refractivity contribution in [3.8, 4) is 17.6 Å². The Balaban J connectivity index is 2.01. The summed E-state index contributed by atoms with van der Waals surface area (Å²) in [5.41, 5.74) is 0.512. The van der Waals surface area contributed by atoms with Crippen molar-refractivity contribution >= 4 is 15.9 Å². The summed E-state index contributed by atoms with van der Waals surface area (Å²) >= 11 is 0. The Morgan fingerprint density at radius 2 is 2.03 bits per heavy atom. The fourth-order valence-corrected chi connectivity index (χ4v) is 5.86. The molecule has 2 aliphatic rings. The molecule has 33 heavy (non-hydrogen) atoms. The molecule has 3 rings (SSSR count). The zero-order chi connectivity index (χ0) is 24.3. The van der Waals surface area contributed by atoms with Gasteiger partial charge in [-0.3, -0.25) is 4.79 Å². The molecule has 1 saturated carbocycles. The number of sulfonamides is 1. The summed E-state index contributed by atoms with van der Waals surface area (Å²) in [5.74, 6) is 5.53. The van der Waals surface area contributed by atoms with Gasteiger partial charge in [-0.05, 0) is 44.9 Å². The van der Waals surface area contributed by atoms with E-state index in [1.165, 1.54) is 10.4 Å². The molecule has 9 heteroatoms. The number of benzene rings is 1. The molecule has 4 atom stereocenters. The molecule has 1 heterocycles. The molecule has 182 valence electrons. The van der Waals surface area contributed by atoms with E-state index in [2.05, 4.69) is 11.8 Å². The molecule has 1 aromatic rings. The van der Waals surface area contributed by atoms with Crippen LogP contribution >= 0.6 is 0 Å². The molecule has 2 N–H and O–H groups in total. The number of aliphatic hydroxyl groups is 2. The van der Waals surface area contributed by atoms with Crippen LogP contribution in [0.15, 0.2) is 23.1 Å². The van der Waals surface area contributed by atoms with Crippen molar-refractivity contribution in [3.63, 3.8) is 0 Å². The van der Waals surface area contributed by atoms with Crippen LogP contribution in [-0.2, 0) is 14.8 Å². The van der Waals surface area contributed by atoms with Crippen LogP contribution in [0.25, 0.3) is 0 Å². The maximum atomic E-state index is 13.5. The average molecular weight is 479 g/mol. The monoisotopic (exact) mass is 478 g/mol. The number of aliphatic hydroxyl groups excluding tert-OH is 2. The Bertz CT molecular complexity index is 1030. The minimum atomic E-state index is -3.94. The Morgan fingerprint density at radius 3 is 2.61 bits per heavy atom. The van der Waals surface area contributed by atoms with Crippen LogP contribution in [0.2, 0.25) is 0 Å². The zero-order valence-corrected chi connectivity index (χ0v) is 20.5. The molecule has 0 aromatic heterocycles. The Morgan fingerprint density at radius 1 is 1.33 bits per heavy atom. The van der Waals surface area contributed by atoms with Crippen molar-refractivity contribution in [2.75, 3.05) is 26.7 Å². The Labute approximate surface area is 196 Å². The highest BCUT2D eigenvalue weighted by Crippen LogP contribution is 2.34. The van der Waals surface area contributed by atoms with E-state index in [9.17, 15) is 23.4 Å². The standard InChI is InChI=1S/C24H34N2O6S/c1-16-13-26(17(2)15-27)33(30,31)23-11-10-19(9-8-18(3)28)12-21(23)32-22(16)14-25(4)24(29)20-6-5-7-20/h10-12,16-18,20,22,27-28H,5-7,13-15H2,1-4H3/t16-,17+,18+,22+/m1/s1. The molecule has 0 spiro atoms. The van der Waals surface area contributed by atoms with Gasteiger partial charge in [0.25, 0.3) is 0 Å². The molecular weight excluding hydrogens is 444 g/mol. The lowest BCUT2D eigenvalue weighted by Crippen LogP contribution is -2.50. The number of carbonyl (C=O) groups excluding carboxylic acids is 1. The van der Waals surface area contributed by atoms with Gasteiger partial charge in [0, 0.05) is 37.0 Å². The van der Waals surface area contributed by atoms with E-state index in [1.54, 1.807) is 37.9 Å². The molecule has 0 radical (unpaired) electrons. The number of rotatable bonds is 5. The molecule has 0 unspecified atom stereocenters. The molecule has 1 aliphatic carbocycles. The van der Waals surface area contributed by atoms with Crippen molar-refractivity contribution in [1.82, 2.24) is 9.21 Å². The molecular formula is C24H34N2O6S. The third-order valence-electron chi connectivity index (χ3n) is 6.38. The molecule has 0 bridgehead atoms. The largest absolute Gasteiger partial charge is 0.487 e. The zero-order valence-electron chi connectivity index (χ0n) is 19.7. The number of hydrogen-bond acceptors (Lipinski definition) is 6. The van der Waals surface area contributed by atoms with Gasteiger partial charge >= 0.3 is 0 Å². The number of likely N-dealkylation sites (N-methyl/N-ethyl adjacent to an activating group) is 1. The van der Waals surface area contributed by atoms with Crippen LogP contribution in [0.4, 0.5) is 0 Å². The quantitative estimate of drug-likeness (QED) is 0.621. The van der Waals surface area contributed by atoms with Gasteiger partial charge in [0.2, 0.25) is 15.9 Å². The van der Waals surface area contributed by atoms with Crippen LogP contribution < -0.4 is 4.74 Å². The number of ether oxygens (including phenoxy) is 1. The Kier molecular flexibility index (Phi) is 8.06. The summed E-state index contributed by atoms with van der Waals surface area (Å²) in [6, 6.07) is 3.96. The van der Waals surface area contributed by atoms with Crippen molar-refractivity contribution in [3.05, 3.63) is 23.8 Å². The second-order valence-electron chi connectivity index (χ2n) is 9.19. The van der Waals surface area contributed by atoms with E-state index in [-0.39, 0.29) is 41.5 Å². The number of nitrogens with zero attached hydrogens (tertiary/aromatic N) is 2. The van der Waals surface area contributed by atoms with Gasteiger partial charge in [-0.15, -0.1) is 0 Å². The van der Waals surface area contributed by atoms with Crippen LogP contribution in [0.5, 0.6) is 5.75 Å². The van der Waals surface area contributed by atoms with Gasteiger partial charge in [-0.2, -0.15) is 4.31 Å². The molecule has 1 fully saturated rings. The van der Waals surface area contributed by atoms with Gasteiger partial charge in [0.05, 0.1) is 13.2 Å². The fraction of sp³-hybridized carbons (Fsp3) is 0.625. The predicted molar refractivity (Wildman–Crippen MR) is 124 cm³/mol. The third-order valence-corrected chi connectivity index (χ3v) is 8.40. The first kappa shape index (κ1) is 25.5. The van der Waals surface area contributed by atoms with Gasteiger partial charge in [-0.1, -0.05) is 25.2 Å². The topological polar surface area (TPSA) is 107 Å².